The lowest BCUT2D eigenvalue weighted by molar-refractivity contribution is -0.296. The van der Waals surface area contributed by atoms with Crippen molar-refractivity contribution in [1.82, 2.24) is 0 Å². The van der Waals surface area contributed by atoms with Gasteiger partial charge in [-0.3, -0.25) is 9.59 Å². The molecule has 0 aromatic heterocycles. The van der Waals surface area contributed by atoms with Crippen molar-refractivity contribution in [3.8, 4) is 0 Å². The summed E-state index contributed by atoms with van der Waals surface area (Å²) >= 11 is 0. The van der Waals surface area contributed by atoms with E-state index in [1.807, 2.05) is 13.8 Å². The van der Waals surface area contributed by atoms with Crippen molar-refractivity contribution in [3.63, 3.8) is 0 Å². The molecule has 10 heteroatoms. The second-order valence-electron chi connectivity index (χ2n) is 13.0. The summed E-state index contributed by atoms with van der Waals surface area (Å²) in [5, 5.41) is 33.1. The maximum absolute atomic E-state index is 13.6. The Morgan fingerprint density at radius 2 is 1.50 bits per heavy atom. The van der Waals surface area contributed by atoms with E-state index in [0.717, 1.165) is 0 Å². The van der Waals surface area contributed by atoms with Gasteiger partial charge in [0, 0.05) is 32.5 Å². The SMILES string of the molecule is CCC1OC(=O)C(C)C(OC2CC(C)(OC)C(O)C(C)O2)C(C)CC(C)(OC)CC(C)C(=O)C(C)C(O)C1(C)O. The van der Waals surface area contributed by atoms with Gasteiger partial charge in [0.25, 0.3) is 0 Å². The fourth-order valence-corrected chi connectivity index (χ4v) is 6.61. The number of hydrogen-bond donors (Lipinski definition) is 3. The first kappa shape index (κ1) is 35.1. The first-order valence-corrected chi connectivity index (χ1v) is 14.6. The molecule has 2 saturated heterocycles. The van der Waals surface area contributed by atoms with Crippen LogP contribution in [0.4, 0.5) is 0 Å². The van der Waals surface area contributed by atoms with Crippen molar-refractivity contribution in [1.29, 1.82) is 0 Å². The van der Waals surface area contributed by atoms with E-state index in [4.69, 9.17) is 23.7 Å². The van der Waals surface area contributed by atoms with Crippen molar-refractivity contribution in [2.45, 2.75) is 142 Å². The Morgan fingerprint density at radius 3 is 2.02 bits per heavy atom. The molecule has 13 atom stereocenters. The Hall–Kier alpha value is -1.14. The van der Waals surface area contributed by atoms with Crippen LogP contribution in [0.3, 0.4) is 0 Å². The summed E-state index contributed by atoms with van der Waals surface area (Å²) in [5.41, 5.74) is -3.53. The third-order valence-corrected chi connectivity index (χ3v) is 9.48. The van der Waals surface area contributed by atoms with Crippen LogP contribution >= 0.6 is 0 Å². The van der Waals surface area contributed by atoms with Gasteiger partial charge in [-0.25, -0.2) is 0 Å². The van der Waals surface area contributed by atoms with E-state index < -0.39 is 77.3 Å². The van der Waals surface area contributed by atoms with Crippen molar-refractivity contribution in [2.24, 2.45) is 23.7 Å². The molecule has 2 heterocycles. The zero-order valence-electron chi connectivity index (χ0n) is 26.3. The lowest BCUT2D eigenvalue weighted by atomic mass is 9.75. The maximum Gasteiger partial charge on any atom is 0.311 e. The lowest BCUT2D eigenvalue weighted by Crippen LogP contribution is -2.58. The fraction of sp³-hybridized carbons (Fsp3) is 0.933. The van der Waals surface area contributed by atoms with E-state index in [1.54, 1.807) is 48.7 Å². The fourth-order valence-electron chi connectivity index (χ4n) is 6.61. The predicted octanol–water partition coefficient (Wildman–Crippen LogP) is 3.02. The van der Waals surface area contributed by atoms with Crippen LogP contribution in [0.2, 0.25) is 0 Å². The molecule has 2 aliphatic rings. The largest absolute Gasteiger partial charge is 0.459 e. The number of ketones is 1. The molecule has 0 spiro atoms. The molecule has 0 aliphatic carbocycles. The first-order chi connectivity index (χ1) is 18.4. The monoisotopic (exact) mass is 574 g/mol. The Bertz CT molecular complexity index is 863. The van der Waals surface area contributed by atoms with Gasteiger partial charge in [-0.2, -0.15) is 0 Å². The van der Waals surface area contributed by atoms with Gasteiger partial charge in [-0.1, -0.05) is 27.7 Å². The zero-order valence-corrected chi connectivity index (χ0v) is 26.3. The van der Waals surface area contributed by atoms with Crippen LogP contribution in [0.25, 0.3) is 0 Å². The average Bonchev–Trinajstić information content (AvgIpc) is 2.90. The summed E-state index contributed by atoms with van der Waals surface area (Å²) in [6.07, 6.45) is -4.10. The lowest BCUT2D eigenvalue weighted by Gasteiger charge is -2.46. The predicted molar refractivity (Wildman–Crippen MR) is 148 cm³/mol. The highest BCUT2D eigenvalue weighted by Crippen LogP contribution is 2.39. The van der Waals surface area contributed by atoms with Gasteiger partial charge in [-0.15, -0.1) is 0 Å². The molecule has 234 valence electrons. The molecule has 2 rings (SSSR count). The number of cyclic esters (lactones) is 1. The number of hydrogen-bond acceptors (Lipinski definition) is 10. The molecule has 0 saturated carbocycles. The van der Waals surface area contributed by atoms with Gasteiger partial charge in [0.15, 0.2) is 6.29 Å². The molecule has 0 amide bonds. The van der Waals surface area contributed by atoms with E-state index in [9.17, 15) is 24.9 Å². The summed E-state index contributed by atoms with van der Waals surface area (Å²) in [6.45, 7) is 15.7. The molecular formula is C30H54O10. The minimum Gasteiger partial charge on any atom is -0.459 e. The Kier molecular flexibility index (Phi) is 11.8. The van der Waals surface area contributed by atoms with E-state index in [2.05, 4.69) is 0 Å². The molecule has 13 unspecified atom stereocenters. The number of methoxy groups -OCH3 is 2. The molecule has 2 fully saturated rings. The third kappa shape index (κ3) is 7.43. The smallest absolute Gasteiger partial charge is 0.311 e. The van der Waals surface area contributed by atoms with Crippen LogP contribution in [0.5, 0.6) is 0 Å². The van der Waals surface area contributed by atoms with Crippen LogP contribution in [-0.2, 0) is 33.3 Å². The summed E-state index contributed by atoms with van der Waals surface area (Å²) < 4.78 is 29.9. The Labute approximate surface area is 240 Å². The van der Waals surface area contributed by atoms with Crippen LogP contribution in [-0.4, -0.2) is 94.9 Å². The number of esters is 1. The van der Waals surface area contributed by atoms with Crippen LogP contribution in [0, 0.1) is 23.7 Å². The summed E-state index contributed by atoms with van der Waals surface area (Å²) in [7, 11) is 3.12. The maximum atomic E-state index is 13.6. The molecule has 0 radical (unpaired) electrons. The minimum absolute atomic E-state index is 0.204. The molecule has 3 N–H and O–H groups in total. The molecule has 0 aromatic rings. The number of aliphatic hydroxyl groups is 3. The number of ether oxygens (including phenoxy) is 5. The number of aliphatic hydroxyl groups excluding tert-OH is 2. The quantitative estimate of drug-likeness (QED) is 0.420. The van der Waals surface area contributed by atoms with Crippen molar-refractivity contribution in [3.05, 3.63) is 0 Å². The van der Waals surface area contributed by atoms with Crippen molar-refractivity contribution >= 4 is 11.8 Å². The average molecular weight is 575 g/mol. The van der Waals surface area contributed by atoms with Gasteiger partial charge in [0.1, 0.15) is 23.6 Å². The number of carbonyl (C=O) groups is 2. The molecule has 10 nitrogen and oxygen atoms in total. The molecule has 0 bridgehead atoms. The highest BCUT2D eigenvalue weighted by atomic mass is 16.7. The van der Waals surface area contributed by atoms with E-state index in [1.165, 1.54) is 14.0 Å². The second-order valence-corrected chi connectivity index (χ2v) is 13.0. The van der Waals surface area contributed by atoms with E-state index in [-0.39, 0.29) is 24.5 Å². The van der Waals surface area contributed by atoms with Gasteiger partial charge >= 0.3 is 5.97 Å². The van der Waals surface area contributed by atoms with E-state index in [0.29, 0.717) is 12.8 Å². The van der Waals surface area contributed by atoms with Crippen molar-refractivity contribution in [2.75, 3.05) is 14.2 Å². The summed E-state index contributed by atoms with van der Waals surface area (Å²) in [6, 6.07) is 0. The minimum atomic E-state index is -1.87. The van der Waals surface area contributed by atoms with Crippen LogP contribution in [0.1, 0.15) is 88.0 Å². The number of carbonyl (C=O) groups excluding carboxylic acids is 2. The van der Waals surface area contributed by atoms with Crippen LogP contribution < -0.4 is 0 Å². The summed E-state index contributed by atoms with van der Waals surface area (Å²) in [5.74, 6) is -3.18. The summed E-state index contributed by atoms with van der Waals surface area (Å²) in [4.78, 5) is 27.0. The Balaban J connectivity index is 2.52. The van der Waals surface area contributed by atoms with Gasteiger partial charge in [0.05, 0.1) is 35.4 Å². The highest BCUT2D eigenvalue weighted by Gasteiger charge is 2.50. The number of rotatable bonds is 5. The van der Waals surface area contributed by atoms with Crippen molar-refractivity contribution < 1.29 is 48.6 Å². The van der Waals surface area contributed by atoms with Gasteiger partial charge in [-0.05, 0) is 59.8 Å². The number of Topliss-reactive ketones (excluding diaryl/α,β-unsaturated/α-hetero) is 1. The second kappa shape index (κ2) is 13.4. The molecule has 40 heavy (non-hydrogen) atoms. The van der Waals surface area contributed by atoms with E-state index >= 15 is 0 Å². The third-order valence-electron chi connectivity index (χ3n) is 9.48. The normalized spacial score (nSPS) is 48.4. The molecule has 0 aromatic carbocycles. The first-order valence-electron chi connectivity index (χ1n) is 14.6. The van der Waals surface area contributed by atoms with Gasteiger partial charge in [0.2, 0.25) is 0 Å². The molecular weight excluding hydrogens is 520 g/mol. The Morgan fingerprint density at radius 1 is 0.900 bits per heavy atom. The van der Waals surface area contributed by atoms with Crippen LogP contribution in [0.15, 0.2) is 0 Å². The zero-order chi connectivity index (χ0) is 30.8. The standard InChI is InChI=1S/C30H54O10/c1-12-21-30(9,35)25(32)18(4)23(31)16(2)13-28(7,36-10)14-17(3)24(19(5)27(34)39-21)40-22-15-29(8,37-11)26(33)20(6)38-22/h16-22,24-26,32-33,35H,12-15H2,1-11H3. The molecule has 2 aliphatic heterocycles. The topological polar surface area (TPSA) is 141 Å². The van der Waals surface area contributed by atoms with Gasteiger partial charge < -0.3 is 39.0 Å². The highest BCUT2D eigenvalue weighted by molar-refractivity contribution is 5.83.